The SMILES string of the molecule is COCCNS(=O)(=O)N1CCC(CN)(SC)CC1. The lowest BCUT2D eigenvalue weighted by Crippen LogP contribution is -2.51. The van der Waals surface area contributed by atoms with E-state index in [0.717, 1.165) is 12.8 Å². The minimum atomic E-state index is -3.37. The third-order valence-corrected chi connectivity index (χ3v) is 6.42. The molecule has 0 aromatic rings. The Balaban J connectivity index is 2.51. The number of ether oxygens (including phenoxy) is 1. The fraction of sp³-hybridized carbons (Fsp3) is 1.00. The molecule has 0 saturated carbocycles. The molecule has 1 fully saturated rings. The molecule has 1 aliphatic heterocycles. The molecule has 0 radical (unpaired) electrons. The van der Waals surface area contributed by atoms with Gasteiger partial charge in [-0.15, -0.1) is 0 Å². The summed E-state index contributed by atoms with van der Waals surface area (Å²) in [6.45, 7) is 2.34. The molecule has 0 atom stereocenters. The lowest BCUT2D eigenvalue weighted by atomic mass is 9.97. The summed E-state index contributed by atoms with van der Waals surface area (Å²) in [6, 6.07) is 0. The Labute approximate surface area is 114 Å². The molecule has 1 heterocycles. The van der Waals surface area contributed by atoms with Crippen molar-refractivity contribution < 1.29 is 13.2 Å². The maximum absolute atomic E-state index is 12.0. The Bertz CT molecular complexity index is 334. The molecular weight excluding hydrogens is 274 g/mol. The van der Waals surface area contributed by atoms with Crippen LogP contribution in [0.1, 0.15) is 12.8 Å². The number of thioether (sulfide) groups is 1. The van der Waals surface area contributed by atoms with Gasteiger partial charge in [-0.1, -0.05) is 0 Å². The Morgan fingerprint density at radius 3 is 2.50 bits per heavy atom. The van der Waals surface area contributed by atoms with Gasteiger partial charge in [-0.3, -0.25) is 0 Å². The highest BCUT2D eigenvalue weighted by atomic mass is 32.2. The van der Waals surface area contributed by atoms with Crippen LogP contribution in [0.3, 0.4) is 0 Å². The van der Waals surface area contributed by atoms with Crippen LogP contribution < -0.4 is 10.5 Å². The largest absolute Gasteiger partial charge is 0.383 e. The van der Waals surface area contributed by atoms with Gasteiger partial charge in [0.1, 0.15) is 0 Å². The monoisotopic (exact) mass is 297 g/mol. The summed E-state index contributed by atoms with van der Waals surface area (Å²) in [6.07, 6.45) is 3.64. The minimum absolute atomic E-state index is 0.0402. The van der Waals surface area contributed by atoms with Gasteiger partial charge in [-0.25, -0.2) is 0 Å². The molecule has 0 bridgehead atoms. The first-order chi connectivity index (χ1) is 8.49. The molecule has 1 saturated heterocycles. The summed E-state index contributed by atoms with van der Waals surface area (Å²) in [5, 5.41) is 0. The highest BCUT2D eigenvalue weighted by Crippen LogP contribution is 2.33. The number of nitrogens with zero attached hydrogens (tertiary/aromatic N) is 1. The van der Waals surface area contributed by atoms with Crippen LogP contribution in [0.15, 0.2) is 0 Å². The Hall–Kier alpha value is 0.140. The average Bonchev–Trinajstić information content (AvgIpc) is 2.39. The van der Waals surface area contributed by atoms with Crippen molar-refractivity contribution in [2.24, 2.45) is 5.73 Å². The van der Waals surface area contributed by atoms with E-state index in [1.165, 1.54) is 4.31 Å². The van der Waals surface area contributed by atoms with E-state index in [1.807, 2.05) is 6.26 Å². The first-order valence-electron chi connectivity index (χ1n) is 5.98. The van der Waals surface area contributed by atoms with Crippen molar-refractivity contribution in [3.63, 3.8) is 0 Å². The van der Waals surface area contributed by atoms with Crippen LogP contribution in [0.2, 0.25) is 0 Å². The Morgan fingerprint density at radius 2 is 2.06 bits per heavy atom. The van der Waals surface area contributed by atoms with Crippen LogP contribution in [0.4, 0.5) is 0 Å². The normalized spacial score (nSPS) is 21.1. The van der Waals surface area contributed by atoms with Crippen LogP contribution in [0, 0.1) is 0 Å². The predicted octanol–water partition coefficient (Wildman–Crippen LogP) is -0.376. The summed E-state index contributed by atoms with van der Waals surface area (Å²) in [7, 11) is -1.82. The van der Waals surface area contributed by atoms with Crippen LogP contribution >= 0.6 is 11.8 Å². The molecule has 0 aliphatic carbocycles. The van der Waals surface area contributed by atoms with Gasteiger partial charge in [-0.2, -0.15) is 29.2 Å². The fourth-order valence-electron chi connectivity index (χ4n) is 1.99. The third-order valence-electron chi connectivity index (χ3n) is 3.37. The Kier molecular flexibility index (Phi) is 6.36. The van der Waals surface area contributed by atoms with E-state index in [9.17, 15) is 8.42 Å². The van der Waals surface area contributed by atoms with Gasteiger partial charge in [-0.05, 0) is 19.1 Å². The number of rotatable bonds is 7. The molecule has 0 aromatic carbocycles. The van der Waals surface area contributed by atoms with Gasteiger partial charge in [0.15, 0.2) is 0 Å². The first kappa shape index (κ1) is 16.2. The molecule has 1 aliphatic rings. The van der Waals surface area contributed by atoms with Gasteiger partial charge in [0.25, 0.3) is 10.2 Å². The molecule has 0 unspecified atom stereocenters. The van der Waals surface area contributed by atoms with Crippen molar-refractivity contribution in [2.45, 2.75) is 17.6 Å². The van der Waals surface area contributed by atoms with E-state index in [0.29, 0.717) is 32.8 Å². The van der Waals surface area contributed by atoms with E-state index in [-0.39, 0.29) is 4.75 Å². The van der Waals surface area contributed by atoms with Gasteiger partial charge in [0, 0.05) is 38.0 Å². The van der Waals surface area contributed by atoms with E-state index < -0.39 is 10.2 Å². The quantitative estimate of drug-likeness (QED) is 0.626. The lowest BCUT2D eigenvalue weighted by molar-refractivity contribution is 0.203. The van der Waals surface area contributed by atoms with Gasteiger partial charge < -0.3 is 10.5 Å². The summed E-state index contributed by atoms with van der Waals surface area (Å²) in [4.78, 5) is 0. The zero-order chi connectivity index (χ0) is 13.6. The molecule has 0 amide bonds. The lowest BCUT2D eigenvalue weighted by Gasteiger charge is -2.39. The smallest absolute Gasteiger partial charge is 0.279 e. The number of nitrogens with two attached hydrogens (primary N) is 1. The van der Waals surface area contributed by atoms with E-state index in [2.05, 4.69) is 4.72 Å². The number of methoxy groups -OCH3 is 1. The molecule has 3 N–H and O–H groups in total. The second-order valence-electron chi connectivity index (χ2n) is 4.38. The molecular formula is C10H23N3O3S2. The summed E-state index contributed by atoms with van der Waals surface area (Å²) in [5.74, 6) is 0. The zero-order valence-corrected chi connectivity index (χ0v) is 12.6. The second-order valence-corrected chi connectivity index (χ2v) is 7.41. The van der Waals surface area contributed by atoms with E-state index in [1.54, 1.807) is 18.9 Å². The highest BCUT2D eigenvalue weighted by Gasteiger charge is 2.36. The van der Waals surface area contributed by atoms with Crippen molar-refractivity contribution in [1.29, 1.82) is 0 Å². The minimum Gasteiger partial charge on any atom is -0.383 e. The summed E-state index contributed by atoms with van der Waals surface area (Å²) >= 11 is 1.74. The fourth-order valence-corrected chi connectivity index (χ4v) is 3.93. The summed E-state index contributed by atoms with van der Waals surface area (Å²) < 4.78 is 32.8. The predicted molar refractivity (Wildman–Crippen MR) is 74.9 cm³/mol. The van der Waals surface area contributed by atoms with Crippen LogP contribution in [-0.4, -0.2) is 63.6 Å². The first-order valence-corrected chi connectivity index (χ1v) is 8.65. The van der Waals surface area contributed by atoms with Gasteiger partial charge in [0.05, 0.1) is 6.61 Å². The Morgan fingerprint density at radius 1 is 1.44 bits per heavy atom. The molecule has 0 spiro atoms. The standard InChI is InChI=1S/C10H23N3O3S2/c1-16-8-5-12-18(14,15)13-6-3-10(9-11,17-2)4-7-13/h12H,3-9,11H2,1-2H3. The van der Waals surface area contributed by atoms with Crippen molar-refractivity contribution in [3.05, 3.63) is 0 Å². The van der Waals surface area contributed by atoms with E-state index in [4.69, 9.17) is 10.5 Å². The van der Waals surface area contributed by atoms with Crippen molar-refractivity contribution >= 4 is 22.0 Å². The highest BCUT2D eigenvalue weighted by molar-refractivity contribution is 8.00. The van der Waals surface area contributed by atoms with Crippen LogP contribution in [0.25, 0.3) is 0 Å². The molecule has 8 heteroatoms. The topological polar surface area (TPSA) is 84.7 Å². The van der Waals surface area contributed by atoms with Crippen molar-refractivity contribution in [3.8, 4) is 0 Å². The van der Waals surface area contributed by atoms with Crippen molar-refractivity contribution in [2.75, 3.05) is 46.2 Å². The molecule has 1 rings (SSSR count). The molecule has 108 valence electrons. The van der Waals surface area contributed by atoms with Gasteiger partial charge in [0.2, 0.25) is 0 Å². The maximum Gasteiger partial charge on any atom is 0.279 e. The van der Waals surface area contributed by atoms with Gasteiger partial charge >= 0.3 is 0 Å². The average molecular weight is 297 g/mol. The molecule has 6 nitrogen and oxygen atoms in total. The third kappa shape index (κ3) is 4.07. The van der Waals surface area contributed by atoms with E-state index >= 15 is 0 Å². The zero-order valence-electron chi connectivity index (χ0n) is 11.0. The number of nitrogens with one attached hydrogen (secondary N) is 1. The molecule has 0 aromatic heterocycles. The van der Waals surface area contributed by atoms with Crippen LogP contribution in [0.5, 0.6) is 0 Å². The second kappa shape index (κ2) is 7.06. The van der Waals surface area contributed by atoms with Crippen LogP contribution in [-0.2, 0) is 14.9 Å². The maximum atomic E-state index is 12.0. The number of hydrogen-bond acceptors (Lipinski definition) is 5. The molecule has 18 heavy (non-hydrogen) atoms. The number of hydrogen-bond donors (Lipinski definition) is 2. The number of piperidine rings is 1. The van der Waals surface area contributed by atoms with Crippen molar-refractivity contribution in [1.82, 2.24) is 9.03 Å². The summed E-state index contributed by atoms with van der Waals surface area (Å²) in [5.41, 5.74) is 5.78.